The van der Waals surface area contributed by atoms with Gasteiger partial charge in [-0.05, 0) is 30.3 Å². The number of hydrogen-bond donors (Lipinski definition) is 0. The van der Waals surface area contributed by atoms with Crippen LogP contribution < -0.4 is 0 Å². The first-order valence-corrected chi connectivity index (χ1v) is 9.17. The molecule has 6 heteroatoms. The van der Waals surface area contributed by atoms with Crippen LogP contribution in [0.5, 0.6) is 0 Å². The van der Waals surface area contributed by atoms with Crippen LogP contribution in [-0.2, 0) is 11.3 Å². The number of furan rings is 1. The predicted molar refractivity (Wildman–Crippen MR) is 99.2 cm³/mol. The lowest BCUT2D eigenvalue weighted by molar-refractivity contribution is -0.127. The summed E-state index contributed by atoms with van der Waals surface area (Å²) in [7, 11) is 0. The van der Waals surface area contributed by atoms with Crippen molar-refractivity contribution >= 4 is 33.5 Å². The van der Waals surface area contributed by atoms with Crippen molar-refractivity contribution in [3.8, 4) is 0 Å². The molecule has 3 heterocycles. The van der Waals surface area contributed by atoms with Gasteiger partial charge in [0.1, 0.15) is 10.8 Å². The highest BCUT2D eigenvalue weighted by Gasteiger charge is 2.20. The van der Waals surface area contributed by atoms with Crippen molar-refractivity contribution in [2.24, 2.45) is 0 Å². The van der Waals surface area contributed by atoms with E-state index < -0.39 is 0 Å². The number of nitrogens with zero attached hydrogens (tertiary/aromatic N) is 3. The van der Waals surface area contributed by atoms with Crippen molar-refractivity contribution < 1.29 is 9.21 Å². The molecule has 2 aromatic heterocycles. The van der Waals surface area contributed by atoms with E-state index in [2.05, 4.69) is 17.0 Å². The number of benzene rings is 1. The molecule has 1 saturated heterocycles. The topological polar surface area (TPSA) is 49.6 Å². The van der Waals surface area contributed by atoms with Crippen molar-refractivity contribution in [2.45, 2.75) is 6.54 Å². The van der Waals surface area contributed by atoms with Crippen LogP contribution in [0.15, 0.2) is 53.2 Å². The average molecular weight is 353 g/mol. The molecule has 0 bridgehead atoms. The minimum atomic E-state index is 0.0380. The van der Waals surface area contributed by atoms with Gasteiger partial charge in [0.25, 0.3) is 0 Å². The summed E-state index contributed by atoms with van der Waals surface area (Å²) < 4.78 is 6.44. The zero-order chi connectivity index (χ0) is 17.1. The monoisotopic (exact) mass is 353 g/mol. The number of para-hydroxylation sites is 1. The minimum Gasteiger partial charge on any atom is -0.465 e. The molecule has 1 aliphatic rings. The highest BCUT2D eigenvalue weighted by Crippen LogP contribution is 2.23. The van der Waals surface area contributed by atoms with Crippen LogP contribution in [0.2, 0.25) is 0 Å². The molecular weight excluding hydrogens is 334 g/mol. The Kier molecular flexibility index (Phi) is 4.63. The largest absolute Gasteiger partial charge is 0.465 e. The van der Waals surface area contributed by atoms with Gasteiger partial charge in [0.15, 0.2) is 0 Å². The number of piperazine rings is 1. The van der Waals surface area contributed by atoms with E-state index in [4.69, 9.17) is 9.40 Å². The average Bonchev–Trinajstić information content (AvgIpc) is 3.29. The first-order valence-electron chi connectivity index (χ1n) is 8.35. The van der Waals surface area contributed by atoms with Gasteiger partial charge in [0, 0.05) is 32.3 Å². The van der Waals surface area contributed by atoms with E-state index in [0.29, 0.717) is 5.76 Å². The molecule has 1 aromatic carbocycles. The van der Waals surface area contributed by atoms with Gasteiger partial charge in [-0.15, -0.1) is 11.3 Å². The van der Waals surface area contributed by atoms with Crippen molar-refractivity contribution in [3.05, 3.63) is 59.5 Å². The summed E-state index contributed by atoms with van der Waals surface area (Å²) in [5.41, 5.74) is 1.07. The molecule has 4 rings (SSSR count). The van der Waals surface area contributed by atoms with Gasteiger partial charge in [-0.2, -0.15) is 0 Å². The molecule has 0 atom stereocenters. The van der Waals surface area contributed by atoms with E-state index in [1.54, 1.807) is 29.8 Å². The number of rotatable bonds is 4. The van der Waals surface area contributed by atoms with Gasteiger partial charge >= 0.3 is 0 Å². The maximum absolute atomic E-state index is 12.2. The van der Waals surface area contributed by atoms with Gasteiger partial charge in [-0.3, -0.25) is 9.69 Å². The Hall–Kier alpha value is -2.44. The standard InChI is InChI=1S/C19H19N3O2S/c23-19(8-7-15-4-3-13-24-15)22-11-9-21(10-12-22)14-18-20-16-5-1-2-6-17(16)25-18/h1-8,13H,9-12,14H2. The second-order valence-corrected chi connectivity index (χ2v) is 7.14. The molecule has 0 aliphatic carbocycles. The number of fused-ring (bicyclic) bond motifs is 1. The quantitative estimate of drug-likeness (QED) is 0.676. The summed E-state index contributed by atoms with van der Waals surface area (Å²) in [6, 6.07) is 11.9. The number of thiazole rings is 1. The first-order chi connectivity index (χ1) is 12.3. The van der Waals surface area contributed by atoms with Crippen LogP contribution in [0, 0.1) is 0 Å². The third-order valence-electron chi connectivity index (χ3n) is 4.31. The van der Waals surface area contributed by atoms with Crippen LogP contribution in [0.1, 0.15) is 10.8 Å². The molecular formula is C19H19N3O2S. The zero-order valence-electron chi connectivity index (χ0n) is 13.8. The smallest absolute Gasteiger partial charge is 0.246 e. The van der Waals surface area contributed by atoms with Crippen molar-refractivity contribution in [2.75, 3.05) is 26.2 Å². The molecule has 0 N–H and O–H groups in total. The molecule has 0 radical (unpaired) electrons. The minimum absolute atomic E-state index is 0.0380. The lowest BCUT2D eigenvalue weighted by Crippen LogP contribution is -2.47. The second kappa shape index (κ2) is 7.21. The van der Waals surface area contributed by atoms with Crippen molar-refractivity contribution in [1.29, 1.82) is 0 Å². The van der Waals surface area contributed by atoms with Gasteiger partial charge in [-0.1, -0.05) is 12.1 Å². The van der Waals surface area contributed by atoms with Crippen molar-refractivity contribution in [3.63, 3.8) is 0 Å². The summed E-state index contributed by atoms with van der Waals surface area (Å²) in [6.45, 7) is 4.08. The Bertz CT molecular complexity index is 844. The normalized spacial score (nSPS) is 16.1. The lowest BCUT2D eigenvalue weighted by atomic mass is 10.3. The Labute approximate surface area is 150 Å². The number of carbonyl (C=O) groups is 1. The highest BCUT2D eigenvalue weighted by molar-refractivity contribution is 7.18. The molecule has 1 aliphatic heterocycles. The Morgan fingerprint density at radius 1 is 1.16 bits per heavy atom. The number of amides is 1. The van der Waals surface area contributed by atoms with Gasteiger partial charge in [0.05, 0.1) is 23.0 Å². The third-order valence-corrected chi connectivity index (χ3v) is 5.34. The maximum Gasteiger partial charge on any atom is 0.246 e. The van der Waals surface area contributed by atoms with E-state index >= 15 is 0 Å². The SMILES string of the molecule is O=C(C=Cc1ccco1)N1CCN(Cc2nc3ccccc3s2)CC1. The van der Waals surface area contributed by atoms with Gasteiger partial charge in [-0.25, -0.2) is 4.98 Å². The van der Waals surface area contributed by atoms with Crippen molar-refractivity contribution in [1.82, 2.24) is 14.8 Å². The maximum atomic E-state index is 12.2. The number of carbonyl (C=O) groups excluding carboxylic acids is 1. The van der Waals surface area contributed by atoms with E-state index in [-0.39, 0.29) is 5.91 Å². The fourth-order valence-corrected chi connectivity index (χ4v) is 3.96. The molecule has 3 aromatic rings. The van der Waals surface area contributed by atoms with Crippen LogP contribution in [0.3, 0.4) is 0 Å². The molecule has 1 fully saturated rings. The van der Waals surface area contributed by atoms with E-state index in [9.17, 15) is 4.79 Å². The fraction of sp³-hybridized carbons (Fsp3) is 0.263. The molecule has 0 unspecified atom stereocenters. The Morgan fingerprint density at radius 2 is 2.00 bits per heavy atom. The van der Waals surface area contributed by atoms with Crippen LogP contribution in [-0.4, -0.2) is 46.9 Å². The number of aromatic nitrogens is 1. The lowest BCUT2D eigenvalue weighted by Gasteiger charge is -2.33. The third kappa shape index (κ3) is 3.81. The molecule has 128 valence electrons. The van der Waals surface area contributed by atoms with E-state index in [0.717, 1.165) is 43.2 Å². The van der Waals surface area contributed by atoms with E-state index in [1.807, 2.05) is 29.2 Å². The Morgan fingerprint density at radius 3 is 2.76 bits per heavy atom. The summed E-state index contributed by atoms with van der Waals surface area (Å²) in [4.78, 5) is 21.2. The first kappa shape index (κ1) is 16.1. The molecule has 5 nitrogen and oxygen atoms in total. The van der Waals surface area contributed by atoms with Crippen LogP contribution >= 0.6 is 11.3 Å². The van der Waals surface area contributed by atoms with E-state index in [1.165, 1.54) is 4.70 Å². The summed E-state index contributed by atoms with van der Waals surface area (Å²) in [5.74, 6) is 0.735. The van der Waals surface area contributed by atoms with Crippen LogP contribution in [0.25, 0.3) is 16.3 Å². The predicted octanol–water partition coefficient (Wildman–Crippen LogP) is 3.25. The summed E-state index contributed by atoms with van der Waals surface area (Å²) in [5, 5.41) is 1.14. The summed E-state index contributed by atoms with van der Waals surface area (Å²) >= 11 is 1.75. The molecule has 25 heavy (non-hydrogen) atoms. The van der Waals surface area contributed by atoms with Gasteiger partial charge in [0.2, 0.25) is 5.91 Å². The molecule has 1 amide bonds. The van der Waals surface area contributed by atoms with Crippen LogP contribution in [0.4, 0.5) is 0 Å². The Balaban J connectivity index is 1.31. The molecule has 0 spiro atoms. The molecule has 0 saturated carbocycles. The second-order valence-electron chi connectivity index (χ2n) is 6.03. The summed E-state index contributed by atoms with van der Waals surface area (Å²) in [6.07, 6.45) is 4.91. The fourth-order valence-electron chi connectivity index (χ4n) is 2.95. The highest BCUT2D eigenvalue weighted by atomic mass is 32.1. The number of hydrogen-bond acceptors (Lipinski definition) is 5. The zero-order valence-corrected chi connectivity index (χ0v) is 14.6. The van der Waals surface area contributed by atoms with Gasteiger partial charge < -0.3 is 9.32 Å².